The molecule has 2 N–H and O–H groups in total. The Kier molecular flexibility index (Phi) is 8.39. The van der Waals surface area contributed by atoms with Crippen LogP contribution in [0.1, 0.15) is 22.2 Å². The van der Waals surface area contributed by atoms with E-state index in [0.717, 1.165) is 39.6 Å². The predicted octanol–water partition coefficient (Wildman–Crippen LogP) is 2.53. The minimum atomic E-state index is -0.436. The first-order valence-electron chi connectivity index (χ1n) is 12.7. The van der Waals surface area contributed by atoms with Crippen LogP contribution in [-0.4, -0.2) is 84.0 Å². The number of pyridine rings is 1. The molecule has 5 rings (SSSR count). The van der Waals surface area contributed by atoms with Crippen molar-refractivity contribution in [1.82, 2.24) is 24.9 Å². The Labute approximate surface area is 229 Å². The van der Waals surface area contributed by atoms with Crippen molar-refractivity contribution in [3.63, 3.8) is 0 Å². The summed E-state index contributed by atoms with van der Waals surface area (Å²) < 4.78 is 17.1. The van der Waals surface area contributed by atoms with E-state index in [1.165, 1.54) is 12.4 Å². The lowest BCUT2D eigenvalue weighted by Gasteiger charge is -2.28. The van der Waals surface area contributed by atoms with Gasteiger partial charge in [0.1, 0.15) is 6.61 Å². The van der Waals surface area contributed by atoms with E-state index in [2.05, 4.69) is 25.9 Å². The number of nitrogens with two attached hydrogens (primary N) is 1. The Bertz CT molecular complexity index is 1410. The van der Waals surface area contributed by atoms with Crippen molar-refractivity contribution >= 4 is 39.3 Å². The van der Waals surface area contributed by atoms with Crippen LogP contribution in [0.4, 0.5) is 11.8 Å². The SMILES string of the molecule is CCOC(=O)c1cnc(N(C)Cc2cc3nc(-c4ccc(OCCN)nc4)nc(N4CCOCC4)c3s2)nc1. The van der Waals surface area contributed by atoms with E-state index in [1.807, 2.05) is 18.0 Å². The van der Waals surface area contributed by atoms with Crippen LogP contribution in [0.25, 0.3) is 21.6 Å². The number of hydrogen-bond acceptors (Lipinski definition) is 13. The zero-order valence-electron chi connectivity index (χ0n) is 21.9. The van der Waals surface area contributed by atoms with Gasteiger partial charge in [0.25, 0.3) is 0 Å². The number of carbonyl (C=O) groups is 1. The molecule has 0 atom stereocenters. The van der Waals surface area contributed by atoms with Crippen molar-refractivity contribution in [2.75, 3.05) is 62.9 Å². The molecule has 0 unspecified atom stereocenters. The maximum Gasteiger partial charge on any atom is 0.341 e. The highest BCUT2D eigenvalue weighted by atomic mass is 32.1. The lowest BCUT2D eigenvalue weighted by molar-refractivity contribution is 0.0525. The van der Waals surface area contributed by atoms with Crippen molar-refractivity contribution in [2.45, 2.75) is 13.5 Å². The summed E-state index contributed by atoms with van der Waals surface area (Å²) in [7, 11) is 1.91. The Hall–Kier alpha value is -3.94. The van der Waals surface area contributed by atoms with Gasteiger partial charge >= 0.3 is 5.97 Å². The minimum absolute atomic E-state index is 0.300. The highest BCUT2D eigenvalue weighted by Crippen LogP contribution is 2.35. The number of esters is 1. The summed E-state index contributed by atoms with van der Waals surface area (Å²) >= 11 is 1.64. The normalized spacial score (nSPS) is 13.5. The summed E-state index contributed by atoms with van der Waals surface area (Å²) in [5, 5.41) is 0. The molecule has 5 heterocycles. The monoisotopic (exact) mass is 550 g/mol. The van der Waals surface area contributed by atoms with Crippen LogP contribution in [-0.2, 0) is 16.0 Å². The Balaban J connectivity index is 1.42. The first-order valence-corrected chi connectivity index (χ1v) is 13.5. The van der Waals surface area contributed by atoms with Crippen LogP contribution in [0.2, 0.25) is 0 Å². The number of rotatable bonds is 10. The number of fused-ring (bicyclic) bond motifs is 1. The summed E-state index contributed by atoms with van der Waals surface area (Å²) in [5.74, 6) is 2.06. The van der Waals surface area contributed by atoms with Gasteiger partial charge in [-0.05, 0) is 19.1 Å². The molecule has 1 saturated heterocycles. The molecule has 13 heteroatoms. The van der Waals surface area contributed by atoms with Crippen LogP contribution in [0.15, 0.2) is 36.8 Å². The zero-order chi connectivity index (χ0) is 27.2. The molecule has 1 aliphatic heterocycles. The molecular weight excluding hydrogens is 520 g/mol. The fourth-order valence-electron chi connectivity index (χ4n) is 4.06. The first-order chi connectivity index (χ1) is 19.1. The van der Waals surface area contributed by atoms with Gasteiger partial charge in [-0.15, -0.1) is 11.3 Å². The van der Waals surface area contributed by atoms with Gasteiger partial charge in [0.2, 0.25) is 11.8 Å². The quantitative estimate of drug-likeness (QED) is 0.290. The number of nitrogens with zero attached hydrogens (tertiary/aromatic N) is 7. The van der Waals surface area contributed by atoms with Crippen LogP contribution < -0.4 is 20.3 Å². The minimum Gasteiger partial charge on any atom is -0.476 e. The third kappa shape index (κ3) is 6.21. The number of ether oxygens (including phenoxy) is 3. The second-order valence-corrected chi connectivity index (χ2v) is 9.90. The second-order valence-electron chi connectivity index (χ2n) is 8.77. The number of aromatic nitrogens is 5. The molecule has 0 aromatic carbocycles. The lowest BCUT2D eigenvalue weighted by Crippen LogP contribution is -2.36. The summed E-state index contributed by atoms with van der Waals surface area (Å²) in [4.78, 5) is 40.1. The molecule has 1 fully saturated rings. The molecule has 0 bridgehead atoms. The van der Waals surface area contributed by atoms with Gasteiger partial charge in [-0.1, -0.05) is 0 Å². The lowest BCUT2D eigenvalue weighted by atomic mass is 10.2. The van der Waals surface area contributed by atoms with E-state index in [1.54, 1.807) is 30.5 Å². The van der Waals surface area contributed by atoms with E-state index in [-0.39, 0.29) is 0 Å². The molecule has 0 spiro atoms. The van der Waals surface area contributed by atoms with E-state index in [0.29, 0.717) is 62.7 Å². The highest BCUT2D eigenvalue weighted by molar-refractivity contribution is 7.19. The van der Waals surface area contributed by atoms with Crippen molar-refractivity contribution in [1.29, 1.82) is 0 Å². The molecule has 12 nitrogen and oxygen atoms in total. The molecule has 0 amide bonds. The van der Waals surface area contributed by atoms with Gasteiger partial charge in [-0.2, -0.15) is 0 Å². The van der Waals surface area contributed by atoms with Crippen LogP contribution in [0.3, 0.4) is 0 Å². The van der Waals surface area contributed by atoms with Gasteiger partial charge in [-0.3, -0.25) is 0 Å². The molecule has 39 heavy (non-hydrogen) atoms. The van der Waals surface area contributed by atoms with E-state index >= 15 is 0 Å². The van der Waals surface area contributed by atoms with E-state index in [9.17, 15) is 4.79 Å². The zero-order valence-corrected chi connectivity index (χ0v) is 22.7. The average molecular weight is 551 g/mol. The van der Waals surface area contributed by atoms with E-state index in [4.69, 9.17) is 29.9 Å². The molecule has 4 aromatic heterocycles. The fraction of sp³-hybridized carbons (Fsp3) is 0.385. The second kappa shape index (κ2) is 12.3. The van der Waals surface area contributed by atoms with Crippen LogP contribution >= 0.6 is 11.3 Å². The van der Waals surface area contributed by atoms with Crippen LogP contribution in [0, 0.1) is 0 Å². The number of hydrogen-bond donors (Lipinski definition) is 1. The molecular formula is C26H30N8O4S. The highest BCUT2D eigenvalue weighted by Gasteiger charge is 2.21. The van der Waals surface area contributed by atoms with Gasteiger partial charge in [-0.25, -0.2) is 29.7 Å². The smallest absolute Gasteiger partial charge is 0.341 e. The molecule has 0 aliphatic carbocycles. The number of morpholine rings is 1. The average Bonchev–Trinajstić information content (AvgIpc) is 3.38. The van der Waals surface area contributed by atoms with Crippen molar-refractivity contribution in [2.24, 2.45) is 5.73 Å². The molecule has 0 radical (unpaired) electrons. The topological polar surface area (TPSA) is 142 Å². The van der Waals surface area contributed by atoms with Gasteiger partial charge in [0, 0.05) is 61.8 Å². The van der Waals surface area contributed by atoms with Crippen molar-refractivity contribution in [3.8, 4) is 17.3 Å². The Morgan fingerprint density at radius 1 is 1.15 bits per heavy atom. The maximum atomic E-state index is 11.9. The van der Waals surface area contributed by atoms with Crippen molar-refractivity contribution < 1.29 is 19.0 Å². The van der Waals surface area contributed by atoms with E-state index < -0.39 is 5.97 Å². The predicted molar refractivity (Wildman–Crippen MR) is 148 cm³/mol. The van der Waals surface area contributed by atoms with Gasteiger partial charge < -0.3 is 29.7 Å². The van der Waals surface area contributed by atoms with Gasteiger partial charge in [0.05, 0.1) is 42.1 Å². The number of carbonyl (C=O) groups excluding carboxylic acids is 1. The number of thiophene rings is 1. The largest absolute Gasteiger partial charge is 0.476 e. The molecule has 1 aliphatic rings. The molecule has 204 valence electrons. The number of anilines is 2. The summed E-state index contributed by atoms with van der Waals surface area (Å²) in [5.41, 5.74) is 7.49. The standard InChI is InChI=1S/C26H30N8O4S/c1-3-37-25(35)18-14-29-26(30-15-18)33(2)16-19-12-20-22(39-19)24(34-7-10-36-11-8-34)32-23(31-20)17-4-5-21(28-13-17)38-9-6-27/h4-5,12-15H,3,6-11,16,27H2,1-2H3. The third-order valence-corrected chi connectivity index (χ3v) is 7.07. The molecule has 4 aromatic rings. The van der Waals surface area contributed by atoms with Crippen molar-refractivity contribution in [3.05, 3.63) is 47.2 Å². The van der Waals surface area contributed by atoms with Crippen LogP contribution in [0.5, 0.6) is 5.88 Å². The van der Waals surface area contributed by atoms with Gasteiger partial charge in [0.15, 0.2) is 11.6 Å². The maximum absolute atomic E-state index is 11.9. The molecule has 0 saturated carbocycles. The summed E-state index contributed by atoms with van der Waals surface area (Å²) in [6.45, 7) is 6.25. The fourth-order valence-corrected chi connectivity index (χ4v) is 5.23. The Morgan fingerprint density at radius 3 is 2.64 bits per heavy atom. The first kappa shape index (κ1) is 26.7. The summed E-state index contributed by atoms with van der Waals surface area (Å²) in [6.07, 6.45) is 4.68. The summed E-state index contributed by atoms with van der Waals surface area (Å²) in [6, 6.07) is 5.78. The Morgan fingerprint density at radius 2 is 1.95 bits per heavy atom. The third-order valence-electron chi connectivity index (χ3n) is 5.96.